The number of carbonyl (C=O) groups is 4. The summed E-state index contributed by atoms with van der Waals surface area (Å²) in [5.74, 6) is -2.55. The number of ether oxygens (including phenoxy) is 4. The summed E-state index contributed by atoms with van der Waals surface area (Å²) in [6.07, 6.45) is -4.94. The third-order valence-electron chi connectivity index (χ3n) is 5.12. The molecule has 2 fully saturated rings. The highest BCUT2D eigenvalue weighted by Gasteiger charge is 2.64. The van der Waals surface area contributed by atoms with E-state index in [9.17, 15) is 29.4 Å². The molecule has 10 nitrogen and oxygen atoms in total. The summed E-state index contributed by atoms with van der Waals surface area (Å²) in [6.45, 7) is 4.70. The van der Waals surface area contributed by atoms with Crippen LogP contribution in [0.15, 0.2) is 0 Å². The SMILES string of the molecule is CC(=O)O[C@H]1CC2(O)C[C@H](OC(C)=O)[C@H](OC(C)=O)CC2(O)C[C@@H]1OC(C)=O. The van der Waals surface area contributed by atoms with E-state index in [4.69, 9.17) is 18.9 Å². The van der Waals surface area contributed by atoms with Crippen LogP contribution in [0.4, 0.5) is 0 Å². The van der Waals surface area contributed by atoms with Gasteiger partial charge in [0.15, 0.2) is 0 Å². The molecule has 10 heteroatoms. The van der Waals surface area contributed by atoms with E-state index in [1.54, 1.807) is 0 Å². The van der Waals surface area contributed by atoms with E-state index in [2.05, 4.69) is 0 Å². The molecule has 2 aliphatic rings. The molecule has 0 bridgehead atoms. The van der Waals surface area contributed by atoms with Crippen LogP contribution < -0.4 is 0 Å². The lowest BCUT2D eigenvalue weighted by Crippen LogP contribution is -2.70. The summed E-state index contributed by atoms with van der Waals surface area (Å²) in [4.78, 5) is 45.7. The van der Waals surface area contributed by atoms with Gasteiger partial charge in [-0.2, -0.15) is 0 Å². The second kappa shape index (κ2) is 8.04. The van der Waals surface area contributed by atoms with Crippen molar-refractivity contribution in [3.8, 4) is 0 Å². The predicted molar refractivity (Wildman–Crippen MR) is 90.6 cm³/mol. The highest BCUT2D eigenvalue weighted by molar-refractivity contribution is 5.68. The normalized spacial score (nSPS) is 37.2. The van der Waals surface area contributed by atoms with Gasteiger partial charge in [0.2, 0.25) is 0 Å². The minimum absolute atomic E-state index is 0.244. The van der Waals surface area contributed by atoms with Gasteiger partial charge in [-0.25, -0.2) is 0 Å². The Morgan fingerprint density at radius 1 is 0.571 bits per heavy atom. The molecule has 0 aromatic carbocycles. The van der Waals surface area contributed by atoms with E-state index >= 15 is 0 Å². The van der Waals surface area contributed by atoms with Crippen molar-refractivity contribution in [1.82, 2.24) is 0 Å². The first-order chi connectivity index (χ1) is 12.8. The van der Waals surface area contributed by atoms with Crippen molar-refractivity contribution in [2.75, 3.05) is 0 Å². The second-order valence-electron chi connectivity index (χ2n) is 7.47. The summed E-state index contributed by atoms with van der Waals surface area (Å²) in [5.41, 5.74) is -3.64. The maximum absolute atomic E-state index is 11.4. The Balaban J connectivity index is 2.35. The smallest absolute Gasteiger partial charge is 0.303 e. The van der Waals surface area contributed by atoms with Crippen LogP contribution in [0.5, 0.6) is 0 Å². The standard InChI is InChI=1S/C18H26O10/c1-9(19)25-13-5-17(23)7-15(27-11(3)21)16(28-12(4)22)8-18(17,24)6-14(13)26-10(2)20/h13-16,23-24H,5-8H2,1-4H3/t13-,14-,15-,16+,17?,18?/m0/s1. The quantitative estimate of drug-likeness (QED) is 0.477. The van der Waals surface area contributed by atoms with Crippen molar-refractivity contribution in [1.29, 1.82) is 0 Å². The maximum atomic E-state index is 11.4. The third kappa shape index (κ3) is 4.79. The zero-order valence-corrected chi connectivity index (χ0v) is 16.3. The Morgan fingerprint density at radius 3 is 0.893 bits per heavy atom. The van der Waals surface area contributed by atoms with Crippen LogP contribution >= 0.6 is 0 Å². The fourth-order valence-electron chi connectivity index (χ4n) is 4.11. The van der Waals surface area contributed by atoms with E-state index < -0.39 is 59.5 Å². The molecule has 0 amide bonds. The molecule has 2 saturated carbocycles. The highest BCUT2D eigenvalue weighted by atomic mass is 16.6. The Morgan fingerprint density at radius 2 is 0.750 bits per heavy atom. The number of fused-ring (bicyclic) bond motifs is 1. The van der Waals surface area contributed by atoms with Gasteiger partial charge < -0.3 is 29.2 Å². The van der Waals surface area contributed by atoms with Gasteiger partial charge in [-0.1, -0.05) is 0 Å². The molecule has 0 aliphatic heterocycles. The molecular weight excluding hydrogens is 376 g/mol. The van der Waals surface area contributed by atoms with Gasteiger partial charge in [-0.15, -0.1) is 0 Å². The van der Waals surface area contributed by atoms with Gasteiger partial charge in [0.05, 0.1) is 0 Å². The highest BCUT2D eigenvalue weighted by Crippen LogP contribution is 2.49. The first-order valence-electron chi connectivity index (χ1n) is 8.99. The van der Waals surface area contributed by atoms with Crippen molar-refractivity contribution < 1.29 is 48.3 Å². The molecule has 0 spiro atoms. The van der Waals surface area contributed by atoms with Crippen molar-refractivity contribution in [2.45, 2.75) is 89.0 Å². The van der Waals surface area contributed by atoms with Crippen LogP contribution in [0.3, 0.4) is 0 Å². The van der Waals surface area contributed by atoms with Crippen molar-refractivity contribution in [3.63, 3.8) is 0 Å². The summed E-state index contributed by atoms with van der Waals surface area (Å²) >= 11 is 0. The zero-order chi connectivity index (χ0) is 21.3. The van der Waals surface area contributed by atoms with Crippen molar-refractivity contribution in [3.05, 3.63) is 0 Å². The van der Waals surface area contributed by atoms with Gasteiger partial charge >= 0.3 is 23.9 Å². The summed E-state index contributed by atoms with van der Waals surface area (Å²) in [6, 6.07) is 0. The number of hydrogen-bond acceptors (Lipinski definition) is 10. The molecule has 0 aromatic heterocycles. The number of esters is 4. The molecule has 158 valence electrons. The monoisotopic (exact) mass is 402 g/mol. The molecule has 2 unspecified atom stereocenters. The van der Waals surface area contributed by atoms with Gasteiger partial charge in [0.25, 0.3) is 0 Å². The van der Waals surface area contributed by atoms with Gasteiger partial charge in [0.1, 0.15) is 35.6 Å². The number of rotatable bonds is 4. The van der Waals surface area contributed by atoms with Crippen LogP contribution in [0.1, 0.15) is 53.4 Å². The van der Waals surface area contributed by atoms with E-state index in [-0.39, 0.29) is 25.7 Å². The van der Waals surface area contributed by atoms with Gasteiger partial charge in [-0.05, 0) is 0 Å². The Bertz CT molecular complexity index is 553. The van der Waals surface area contributed by atoms with Crippen molar-refractivity contribution in [2.24, 2.45) is 0 Å². The predicted octanol–water partition coefficient (Wildman–Crippen LogP) is -0.237. The Kier molecular flexibility index (Phi) is 6.34. The Hall–Kier alpha value is -2.20. The van der Waals surface area contributed by atoms with E-state index in [1.807, 2.05) is 0 Å². The molecule has 2 rings (SSSR count). The first-order valence-corrected chi connectivity index (χ1v) is 8.99. The molecule has 2 aliphatic carbocycles. The van der Waals surface area contributed by atoms with Crippen LogP contribution in [-0.4, -0.2) is 69.7 Å². The minimum Gasteiger partial charge on any atom is -0.458 e. The Labute approximate surface area is 162 Å². The third-order valence-corrected chi connectivity index (χ3v) is 5.12. The number of hydrogen-bond donors (Lipinski definition) is 2. The molecule has 6 atom stereocenters. The molecule has 28 heavy (non-hydrogen) atoms. The average molecular weight is 402 g/mol. The topological polar surface area (TPSA) is 146 Å². The van der Waals surface area contributed by atoms with Crippen molar-refractivity contribution >= 4 is 23.9 Å². The number of aliphatic hydroxyl groups is 2. The molecular formula is C18H26O10. The molecule has 0 heterocycles. The lowest BCUT2D eigenvalue weighted by Gasteiger charge is -2.56. The summed E-state index contributed by atoms with van der Waals surface area (Å²) in [7, 11) is 0. The van der Waals surface area contributed by atoms with Crippen LogP contribution in [-0.2, 0) is 38.1 Å². The average Bonchev–Trinajstić information content (AvgIpc) is 2.48. The lowest BCUT2D eigenvalue weighted by molar-refractivity contribution is -0.275. The zero-order valence-electron chi connectivity index (χ0n) is 16.3. The van der Waals surface area contributed by atoms with Crippen LogP contribution in [0, 0.1) is 0 Å². The molecule has 0 radical (unpaired) electrons. The number of carbonyl (C=O) groups excluding carboxylic acids is 4. The van der Waals surface area contributed by atoms with E-state index in [1.165, 1.54) is 27.7 Å². The summed E-state index contributed by atoms with van der Waals surface area (Å²) in [5, 5.41) is 22.4. The van der Waals surface area contributed by atoms with E-state index in [0.29, 0.717) is 0 Å². The maximum Gasteiger partial charge on any atom is 0.303 e. The van der Waals surface area contributed by atoms with Crippen LogP contribution in [0.2, 0.25) is 0 Å². The fourth-order valence-corrected chi connectivity index (χ4v) is 4.11. The minimum atomic E-state index is -1.82. The fraction of sp³-hybridized carbons (Fsp3) is 0.778. The molecule has 2 N–H and O–H groups in total. The lowest BCUT2D eigenvalue weighted by atomic mass is 9.61. The van der Waals surface area contributed by atoms with Gasteiger partial charge in [-0.3, -0.25) is 19.2 Å². The second-order valence-corrected chi connectivity index (χ2v) is 7.47. The first kappa shape index (κ1) is 22.1. The van der Waals surface area contributed by atoms with Gasteiger partial charge in [0, 0.05) is 53.4 Å². The largest absolute Gasteiger partial charge is 0.458 e. The van der Waals surface area contributed by atoms with E-state index in [0.717, 1.165) is 0 Å². The van der Waals surface area contributed by atoms with Crippen LogP contribution in [0.25, 0.3) is 0 Å². The molecule has 0 saturated heterocycles. The molecule has 0 aromatic rings. The summed E-state index contributed by atoms with van der Waals surface area (Å²) < 4.78 is 20.8.